The second-order valence-corrected chi connectivity index (χ2v) is 9.64. The molecule has 0 N–H and O–H groups in total. The average Bonchev–Trinajstić information content (AvgIpc) is 3.52. The Morgan fingerprint density at radius 3 is 2.66 bits per heavy atom. The van der Waals surface area contributed by atoms with Crippen molar-refractivity contribution in [3.63, 3.8) is 0 Å². The summed E-state index contributed by atoms with van der Waals surface area (Å²) in [6, 6.07) is 8.19. The van der Waals surface area contributed by atoms with Gasteiger partial charge in [0.2, 0.25) is 0 Å². The highest BCUT2D eigenvalue weighted by atomic mass is 32.1. The molecule has 2 saturated heterocycles. The lowest BCUT2D eigenvalue weighted by atomic mass is 9.97. The Labute approximate surface area is 194 Å². The van der Waals surface area contributed by atoms with Crippen LogP contribution in [0.25, 0.3) is 21.3 Å². The molecule has 32 heavy (non-hydrogen) atoms. The molecule has 0 radical (unpaired) electrons. The second-order valence-electron chi connectivity index (χ2n) is 8.78. The van der Waals surface area contributed by atoms with Gasteiger partial charge in [0.1, 0.15) is 22.7 Å². The summed E-state index contributed by atoms with van der Waals surface area (Å²) in [6.45, 7) is 7.33. The van der Waals surface area contributed by atoms with Crippen LogP contribution in [0, 0.1) is 5.92 Å². The van der Waals surface area contributed by atoms with E-state index < -0.39 is 0 Å². The van der Waals surface area contributed by atoms with E-state index in [1.165, 1.54) is 25.9 Å². The van der Waals surface area contributed by atoms with Gasteiger partial charge < -0.3 is 19.3 Å². The summed E-state index contributed by atoms with van der Waals surface area (Å²) < 4.78 is 11.7. The van der Waals surface area contributed by atoms with Gasteiger partial charge in [0.15, 0.2) is 0 Å². The summed E-state index contributed by atoms with van der Waals surface area (Å²) in [5.74, 6) is 2.57. The average molecular weight is 453 g/mol. The number of ether oxygens (including phenoxy) is 2. The molecule has 0 spiro atoms. The zero-order valence-electron chi connectivity index (χ0n) is 18.8. The SMILES string of the molecule is COc1ccccc1-c1csc2ncnc(N3CCC(COCCN4CCCC4)CC3)c12. The van der Waals surface area contributed by atoms with Gasteiger partial charge in [-0.25, -0.2) is 9.97 Å². The number of methoxy groups -OCH3 is 1. The van der Waals surface area contributed by atoms with Crippen molar-refractivity contribution in [2.45, 2.75) is 25.7 Å². The molecular weight excluding hydrogens is 420 g/mol. The first kappa shape index (κ1) is 21.6. The van der Waals surface area contributed by atoms with Gasteiger partial charge >= 0.3 is 0 Å². The van der Waals surface area contributed by atoms with Crippen LogP contribution in [-0.2, 0) is 4.74 Å². The van der Waals surface area contributed by atoms with Crippen molar-refractivity contribution in [3.05, 3.63) is 36.0 Å². The van der Waals surface area contributed by atoms with Crippen molar-refractivity contribution in [1.82, 2.24) is 14.9 Å². The van der Waals surface area contributed by atoms with Crippen LogP contribution in [0.15, 0.2) is 36.0 Å². The summed E-state index contributed by atoms with van der Waals surface area (Å²) in [4.78, 5) is 15.3. The van der Waals surface area contributed by atoms with Crippen LogP contribution >= 0.6 is 11.3 Å². The van der Waals surface area contributed by atoms with E-state index in [1.807, 2.05) is 12.1 Å². The Hall–Kier alpha value is -2.22. The molecule has 170 valence electrons. The zero-order chi connectivity index (χ0) is 21.8. The molecule has 4 heterocycles. The van der Waals surface area contributed by atoms with Crippen LogP contribution < -0.4 is 9.64 Å². The molecule has 0 atom stereocenters. The molecule has 0 bridgehead atoms. The summed E-state index contributed by atoms with van der Waals surface area (Å²) in [5, 5.41) is 3.32. The minimum atomic E-state index is 0.637. The lowest BCUT2D eigenvalue weighted by molar-refractivity contribution is 0.0753. The van der Waals surface area contributed by atoms with Crippen LogP contribution in [-0.4, -0.2) is 67.9 Å². The lowest BCUT2D eigenvalue weighted by Crippen LogP contribution is -2.36. The minimum absolute atomic E-state index is 0.637. The van der Waals surface area contributed by atoms with Crippen LogP contribution in [0.1, 0.15) is 25.7 Å². The zero-order valence-corrected chi connectivity index (χ0v) is 19.6. The van der Waals surface area contributed by atoms with E-state index in [1.54, 1.807) is 24.8 Å². The van der Waals surface area contributed by atoms with E-state index in [0.717, 1.165) is 78.6 Å². The number of piperidine rings is 1. The smallest absolute Gasteiger partial charge is 0.141 e. The van der Waals surface area contributed by atoms with E-state index in [0.29, 0.717) is 5.92 Å². The highest BCUT2D eigenvalue weighted by Gasteiger charge is 2.24. The molecule has 2 aliphatic heterocycles. The van der Waals surface area contributed by atoms with Crippen molar-refractivity contribution in [2.75, 3.05) is 57.9 Å². The third-order valence-corrected chi connectivity index (χ3v) is 7.65. The number of rotatable bonds is 8. The number of benzene rings is 1. The number of likely N-dealkylation sites (tertiary alicyclic amines) is 1. The summed E-state index contributed by atoms with van der Waals surface area (Å²) in [5.41, 5.74) is 2.25. The molecule has 0 saturated carbocycles. The van der Waals surface area contributed by atoms with Gasteiger partial charge in [0.25, 0.3) is 0 Å². The van der Waals surface area contributed by atoms with Crippen LogP contribution in [0.5, 0.6) is 5.75 Å². The van der Waals surface area contributed by atoms with Crippen LogP contribution in [0.4, 0.5) is 5.82 Å². The first-order chi connectivity index (χ1) is 15.8. The summed E-state index contributed by atoms with van der Waals surface area (Å²) in [7, 11) is 1.72. The molecule has 5 rings (SSSR count). The maximum absolute atomic E-state index is 6.04. The topological polar surface area (TPSA) is 50.7 Å². The Balaban J connectivity index is 1.25. The molecule has 0 unspecified atom stereocenters. The number of anilines is 1. The molecule has 2 aliphatic rings. The van der Waals surface area contributed by atoms with Gasteiger partial charge in [-0.15, -0.1) is 11.3 Å². The van der Waals surface area contributed by atoms with Crippen LogP contribution in [0.2, 0.25) is 0 Å². The number of aromatic nitrogens is 2. The lowest BCUT2D eigenvalue weighted by Gasteiger charge is -2.33. The van der Waals surface area contributed by atoms with E-state index in [2.05, 4.69) is 32.3 Å². The number of hydrogen-bond donors (Lipinski definition) is 0. The largest absolute Gasteiger partial charge is 0.496 e. The number of nitrogens with zero attached hydrogens (tertiary/aromatic N) is 4. The fourth-order valence-corrected chi connectivity index (χ4v) is 5.83. The fourth-order valence-electron chi connectivity index (χ4n) is 4.93. The van der Waals surface area contributed by atoms with E-state index in [4.69, 9.17) is 14.5 Å². The van der Waals surface area contributed by atoms with Gasteiger partial charge in [-0.05, 0) is 50.8 Å². The third kappa shape index (κ3) is 4.60. The predicted octanol–water partition coefficient (Wildman–Crippen LogP) is 4.70. The first-order valence-corrected chi connectivity index (χ1v) is 12.6. The quantitative estimate of drug-likeness (QED) is 0.462. The Bertz CT molecular complexity index is 1030. The van der Waals surface area contributed by atoms with Crippen molar-refractivity contribution in [3.8, 4) is 16.9 Å². The Kier molecular flexibility index (Phi) is 6.86. The molecule has 2 fully saturated rings. The first-order valence-electron chi connectivity index (χ1n) is 11.7. The molecule has 2 aromatic heterocycles. The normalized spacial score (nSPS) is 18.0. The van der Waals surface area contributed by atoms with E-state index >= 15 is 0 Å². The van der Waals surface area contributed by atoms with E-state index in [9.17, 15) is 0 Å². The minimum Gasteiger partial charge on any atom is -0.496 e. The third-order valence-electron chi connectivity index (χ3n) is 6.77. The predicted molar refractivity (Wildman–Crippen MR) is 131 cm³/mol. The molecule has 3 aromatic rings. The fraction of sp³-hybridized carbons (Fsp3) is 0.520. The highest BCUT2D eigenvalue weighted by molar-refractivity contribution is 7.17. The van der Waals surface area contributed by atoms with Crippen molar-refractivity contribution in [1.29, 1.82) is 0 Å². The Morgan fingerprint density at radius 2 is 1.84 bits per heavy atom. The standard InChI is InChI=1S/C25H32N4O2S/c1-30-22-7-3-2-6-20(22)21-17-32-25-23(21)24(26-18-27-25)29-12-8-19(9-13-29)16-31-15-14-28-10-4-5-11-28/h2-3,6-7,17-19H,4-5,8-16H2,1H3. The van der Waals surface area contributed by atoms with Crippen molar-refractivity contribution >= 4 is 27.4 Å². The van der Waals surface area contributed by atoms with Gasteiger partial charge in [-0.1, -0.05) is 18.2 Å². The molecule has 6 nitrogen and oxygen atoms in total. The molecule has 0 aliphatic carbocycles. The molecular formula is C25H32N4O2S. The molecule has 0 amide bonds. The van der Waals surface area contributed by atoms with Gasteiger partial charge in [0, 0.05) is 42.7 Å². The van der Waals surface area contributed by atoms with Crippen LogP contribution in [0.3, 0.4) is 0 Å². The Morgan fingerprint density at radius 1 is 1.03 bits per heavy atom. The number of hydrogen-bond acceptors (Lipinski definition) is 7. The van der Waals surface area contributed by atoms with Gasteiger partial charge in [0.05, 0.1) is 19.1 Å². The number of para-hydroxylation sites is 1. The summed E-state index contributed by atoms with van der Waals surface area (Å²) in [6.07, 6.45) is 6.68. The monoisotopic (exact) mass is 452 g/mol. The maximum Gasteiger partial charge on any atom is 0.141 e. The summed E-state index contributed by atoms with van der Waals surface area (Å²) >= 11 is 1.67. The number of fused-ring (bicyclic) bond motifs is 1. The number of thiophene rings is 1. The molecule has 7 heteroatoms. The van der Waals surface area contributed by atoms with Crippen molar-refractivity contribution in [2.24, 2.45) is 5.92 Å². The van der Waals surface area contributed by atoms with Gasteiger partial charge in [-0.3, -0.25) is 0 Å². The highest BCUT2D eigenvalue weighted by Crippen LogP contribution is 2.41. The van der Waals surface area contributed by atoms with E-state index in [-0.39, 0.29) is 0 Å². The van der Waals surface area contributed by atoms with Gasteiger partial charge in [-0.2, -0.15) is 0 Å². The van der Waals surface area contributed by atoms with Crippen molar-refractivity contribution < 1.29 is 9.47 Å². The molecule has 1 aromatic carbocycles. The second kappa shape index (κ2) is 10.1. The maximum atomic E-state index is 6.04.